The fourth-order valence-electron chi connectivity index (χ4n) is 1.98. The van der Waals surface area contributed by atoms with Gasteiger partial charge in [0.15, 0.2) is 0 Å². The van der Waals surface area contributed by atoms with E-state index < -0.39 is 10.8 Å². The molecule has 86 valence electrons. The maximum Gasteiger partial charge on any atom is 0.0865 e. The molecule has 0 aliphatic carbocycles. The average Bonchev–Trinajstić information content (AvgIpc) is 2.89. The molecule has 0 fully saturated rings. The van der Waals surface area contributed by atoms with Crippen molar-refractivity contribution in [3.63, 3.8) is 0 Å². The first-order valence-electron chi connectivity index (χ1n) is 5.59. The van der Waals surface area contributed by atoms with Crippen LogP contribution in [0.25, 0.3) is 6.08 Å². The number of hydrogen-bond donors (Lipinski definition) is 0. The van der Waals surface area contributed by atoms with Crippen molar-refractivity contribution in [3.05, 3.63) is 53.9 Å². The van der Waals surface area contributed by atoms with Crippen molar-refractivity contribution in [2.75, 3.05) is 0 Å². The molecule has 0 N–H and O–H groups in total. The van der Waals surface area contributed by atoms with Crippen LogP contribution in [0.4, 0.5) is 0 Å². The van der Waals surface area contributed by atoms with Gasteiger partial charge in [-0.15, -0.1) is 0 Å². The van der Waals surface area contributed by atoms with Crippen molar-refractivity contribution in [2.24, 2.45) is 0 Å². The van der Waals surface area contributed by atoms with E-state index >= 15 is 0 Å². The van der Waals surface area contributed by atoms with Gasteiger partial charge in [0.1, 0.15) is 0 Å². The molecule has 17 heavy (non-hydrogen) atoms. The van der Waals surface area contributed by atoms with Crippen molar-refractivity contribution >= 4 is 16.9 Å². The quantitative estimate of drug-likeness (QED) is 0.794. The summed E-state index contributed by atoms with van der Waals surface area (Å²) in [5.41, 5.74) is 2.33. The zero-order valence-corrected chi connectivity index (χ0v) is 10.4. The Morgan fingerprint density at radius 1 is 1.18 bits per heavy atom. The third kappa shape index (κ3) is 1.87. The number of hydrogen-bond acceptors (Lipinski definition) is 1. The number of nitrogens with zero attached hydrogens (tertiary/aromatic N) is 1. The minimum Gasteiger partial charge on any atom is -0.343 e. The largest absolute Gasteiger partial charge is 0.343 e. The molecule has 1 atom stereocenters. The Balaban J connectivity index is 1.95. The van der Waals surface area contributed by atoms with Gasteiger partial charge in [0.05, 0.1) is 15.7 Å². The predicted octanol–water partition coefficient (Wildman–Crippen LogP) is 2.99. The lowest BCUT2D eigenvalue weighted by Gasteiger charge is -2.00. The fourth-order valence-corrected chi connectivity index (χ4v) is 3.09. The zero-order chi connectivity index (χ0) is 11.8. The van der Waals surface area contributed by atoms with Gasteiger partial charge in [-0.1, -0.05) is 23.8 Å². The molecule has 0 spiro atoms. The lowest BCUT2D eigenvalue weighted by Crippen LogP contribution is -1.92. The topological polar surface area (TPSA) is 22.0 Å². The van der Waals surface area contributed by atoms with E-state index in [2.05, 4.69) is 16.7 Å². The summed E-state index contributed by atoms with van der Waals surface area (Å²) in [6.45, 7) is 2.92. The minimum absolute atomic E-state index is 0.865. The average molecular weight is 243 g/mol. The van der Waals surface area contributed by atoms with E-state index in [1.54, 1.807) is 0 Å². The van der Waals surface area contributed by atoms with Crippen LogP contribution in [-0.4, -0.2) is 8.78 Å². The molecule has 0 bridgehead atoms. The number of aromatic nitrogens is 1. The highest BCUT2D eigenvalue weighted by molar-refractivity contribution is 7.85. The Hall–Kier alpha value is -1.61. The summed E-state index contributed by atoms with van der Waals surface area (Å²) < 4.78 is 14.4. The van der Waals surface area contributed by atoms with Crippen LogP contribution in [-0.2, 0) is 17.3 Å². The maximum absolute atomic E-state index is 12.3. The third-order valence-corrected chi connectivity index (χ3v) is 4.30. The van der Waals surface area contributed by atoms with Crippen LogP contribution < -0.4 is 0 Å². The van der Waals surface area contributed by atoms with E-state index in [1.807, 2.05) is 43.5 Å². The highest BCUT2D eigenvalue weighted by Gasteiger charge is 2.13. The molecule has 2 nitrogen and oxygen atoms in total. The van der Waals surface area contributed by atoms with Crippen molar-refractivity contribution in [1.29, 1.82) is 0 Å². The summed E-state index contributed by atoms with van der Waals surface area (Å²) >= 11 is 0. The lowest BCUT2D eigenvalue weighted by atomic mass is 10.2. The van der Waals surface area contributed by atoms with Crippen LogP contribution in [0.2, 0.25) is 0 Å². The highest BCUT2D eigenvalue weighted by atomic mass is 32.2. The van der Waals surface area contributed by atoms with Crippen LogP contribution in [0.15, 0.2) is 52.4 Å². The second-order valence-corrected chi connectivity index (χ2v) is 5.72. The summed E-state index contributed by atoms with van der Waals surface area (Å²) in [4.78, 5) is 1.75. The molecule has 1 aromatic carbocycles. The Bertz CT molecular complexity index is 608. The molecule has 0 amide bonds. The zero-order valence-electron chi connectivity index (χ0n) is 9.59. The molecule has 3 rings (SSSR count). The molecule has 0 saturated carbocycles. The molecule has 1 aliphatic heterocycles. The van der Waals surface area contributed by atoms with Gasteiger partial charge in [-0.25, -0.2) is 4.21 Å². The van der Waals surface area contributed by atoms with E-state index in [1.165, 1.54) is 5.56 Å². The van der Waals surface area contributed by atoms with Crippen molar-refractivity contribution in [1.82, 2.24) is 4.57 Å². The van der Waals surface area contributed by atoms with Crippen molar-refractivity contribution in [3.8, 4) is 0 Å². The SMILES string of the molecule is Cc1ccc([S@](=O)c2cc3n(c2)CC=C3)cc1. The molecule has 0 radical (unpaired) electrons. The second kappa shape index (κ2) is 4.00. The highest BCUT2D eigenvalue weighted by Crippen LogP contribution is 2.22. The summed E-state index contributed by atoms with van der Waals surface area (Å²) in [7, 11) is -1.07. The molecule has 0 unspecified atom stereocenters. The molecular formula is C14H13NOS. The monoisotopic (exact) mass is 243 g/mol. The van der Waals surface area contributed by atoms with E-state index in [0.29, 0.717) is 0 Å². The first-order chi connectivity index (χ1) is 8.24. The van der Waals surface area contributed by atoms with Gasteiger partial charge in [-0.2, -0.15) is 0 Å². The number of fused-ring (bicyclic) bond motifs is 1. The Morgan fingerprint density at radius 3 is 2.65 bits per heavy atom. The van der Waals surface area contributed by atoms with Crippen LogP contribution in [0, 0.1) is 6.92 Å². The van der Waals surface area contributed by atoms with Gasteiger partial charge in [-0.3, -0.25) is 0 Å². The normalized spacial score (nSPS) is 14.9. The summed E-state index contributed by atoms with van der Waals surface area (Å²) in [5, 5.41) is 0. The summed E-state index contributed by atoms with van der Waals surface area (Å²) in [6.07, 6.45) is 6.15. The second-order valence-electron chi connectivity index (χ2n) is 4.24. The van der Waals surface area contributed by atoms with E-state index in [9.17, 15) is 4.21 Å². The van der Waals surface area contributed by atoms with Gasteiger partial charge >= 0.3 is 0 Å². The van der Waals surface area contributed by atoms with Gasteiger partial charge in [0, 0.05) is 23.3 Å². The van der Waals surface area contributed by atoms with E-state index in [4.69, 9.17) is 0 Å². The molecule has 2 heterocycles. The van der Waals surface area contributed by atoms with E-state index in [-0.39, 0.29) is 0 Å². The Kier molecular flexibility index (Phi) is 2.48. The summed E-state index contributed by atoms with van der Waals surface area (Å²) in [5.74, 6) is 0. The van der Waals surface area contributed by atoms with Gasteiger partial charge in [0.25, 0.3) is 0 Å². The first-order valence-corrected chi connectivity index (χ1v) is 6.74. The molecule has 1 aliphatic rings. The van der Waals surface area contributed by atoms with Crippen LogP contribution in [0.3, 0.4) is 0 Å². The third-order valence-electron chi connectivity index (χ3n) is 2.94. The van der Waals surface area contributed by atoms with Crippen molar-refractivity contribution in [2.45, 2.75) is 23.3 Å². The van der Waals surface area contributed by atoms with Crippen LogP contribution >= 0.6 is 0 Å². The predicted molar refractivity (Wildman–Crippen MR) is 69.3 cm³/mol. The van der Waals surface area contributed by atoms with Crippen LogP contribution in [0.5, 0.6) is 0 Å². The number of benzene rings is 1. The van der Waals surface area contributed by atoms with E-state index in [0.717, 1.165) is 22.0 Å². The number of allylic oxidation sites excluding steroid dienone is 1. The first kappa shape index (κ1) is 10.5. The molecular weight excluding hydrogens is 230 g/mol. The Labute approximate surface area is 103 Å². The molecule has 1 aromatic heterocycles. The van der Waals surface area contributed by atoms with Gasteiger partial charge in [-0.05, 0) is 31.2 Å². The van der Waals surface area contributed by atoms with Gasteiger partial charge < -0.3 is 4.57 Å². The Morgan fingerprint density at radius 2 is 1.94 bits per heavy atom. The smallest absolute Gasteiger partial charge is 0.0865 e. The maximum atomic E-state index is 12.3. The van der Waals surface area contributed by atoms with Crippen molar-refractivity contribution < 1.29 is 4.21 Å². The lowest BCUT2D eigenvalue weighted by molar-refractivity contribution is 0.682. The fraction of sp³-hybridized carbons (Fsp3) is 0.143. The minimum atomic E-state index is -1.07. The molecule has 3 heteroatoms. The summed E-state index contributed by atoms with van der Waals surface area (Å²) in [6, 6.07) is 9.86. The number of aryl methyl sites for hydroxylation is 1. The molecule has 0 saturated heterocycles. The molecule has 2 aromatic rings. The van der Waals surface area contributed by atoms with Crippen LogP contribution in [0.1, 0.15) is 11.3 Å². The number of rotatable bonds is 2. The van der Waals surface area contributed by atoms with Gasteiger partial charge in [0.2, 0.25) is 0 Å². The standard InChI is InChI=1S/C14H13NOS/c1-11-4-6-13(7-5-11)17(16)14-9-12-3-2-8-15(12)10-14/h2-7,9-10H,8H2,1H3/t17-/m0/s1.